The van der Waals surface area contributed by atoms with E-state index in [1.54, 1.807) is 0 Å². The van der Waals surface area contributed by atoms with Crippen LogP contribution < -0.4 is 10.2 Å². The SMILES string of the molecule is C[C@@H](CNC(=O)c1nc2cc3c(N4C=CC=CC4)nn(C(c4ccccc4)(c4ccccc4)c4ccccc4)c3cc2[nH]1)c1ccccc1. The second-order valence-electron chi connectivity index (χ2n) is 12.5. The van der Waals surface area contributed by atoms with E-state index in [1.807, 2.05) is 48.6 Å². The highest BCUT2D eigenvalue weighted by atomic mass is 16.2. The van der Waals surface area contributed by atoms with E-state index in [4.69, 9.17) is 10.1 Å². The van der Waals surface area contributed by atoms with Crippen molar-refractivity contribution in [3.63, 3.8) is 0 Å². The summed E-state index contributed by atoms with van der Waals surface area (Å²) in [4.78, 5) is 23.7. The minimum atomic E-state index is -0.822. The van der Waals surface area contributed by atoms with Crippen LogP contribution in [0, 0.1) is 0 Å². The number of hydrogen-bond donors (Lipinski definition) is 2. The van der Waals surface area contributed by atoms with Gasteiger partial charge >= 0.3 is 0 Å². The van der Waals surface area contributed by atoms with Gasteiger partial charge in [0.25, 0.3) is 5.91 Å². The van der Waals surface area contributed by atoms with Gasteiger partial charge in [-0.1, -0.05) is 140 Å². The smallest absolute Gasteiger partial charge is 0.287 e. The Balaban J connectivity index is 1.32. The van der Waals surface area contributed by atoms with Gasteiger partial charge in [-0.2, -0.15) is 5.10 Å². The summed E-state index contributed by atoms with van der Waals surface area (Å²) in [5.41, 5.74) is 5.97. The van der Waals surface area contributed by atoms with Gasteiger partial charge < -0.3 is 15.2 Å². The van der Waals surface area contributed by atoms with E-state index in [-0.39, 0.29) is 17.6 Å². The zero-order valence-electron chi connectivity index (χ0n) is 27.2. The Morgan fingerprint density at radius 1 is 0.816 bits per heavy atom. The highest BCUT2D eigenvalue weighted by Crippen LogP contribution is 2.44. The van der Waals surface area contributed by atoms with Gasteiger partial charge in [0.05, 0.1) is 16.6 Å². The molecule has 8 rings (SSSR count). The molecule has 1 aliphatic rings. The van der Waals surface area contributed by atoms with Crippen molar-refractivity contribution in [3.8, 4) is 0 Å². The highest BCUT2D eigenvalue weighted by Gasteiger charge is 2.41. The fraction of sp³-hybridized carbons (Fsp3) is 0.119. The van der Waals surface area contributed by atoms with Crippen LogP contribution in [-0.2, 0) is 5.54 Å². The summed E-state index contributed by atoms with van der Waals surface area (Å²) in [6.45, 7) is 3.30. The van der Waals surface area contributed by atoms with E-state index >= 15 is 0 Å². The lowest BCUT2D eigenvalue weighted by Crippen LogP contribution is -2.38. The molecule has 0 spiro atoms. The van der Waals surface area contributed by atoms with Gasteiger partial charge in [0.15, 0.2) is 11.6 Å². The average molecular weight is 641 g/mol. The van der Waals surface area contributed by atoms with Crippen molar-refractivity contribution >= 4 is 33.7 Å². The molecular formula is C42H36N6O. The third-order valence-electron chi connectivity index (χ3n) is 9.40. The zero-order valence-corrected chi connectivity index (χ0v) is 27.2. The first-order valence-electron chi connectivity index (χ1n) is 16.7. The number of benzene rings is 5. The number of carbonyl (C=O) groups excluding carboxylic acids is 1. The van der Waals surface area contributed by atoms with E-state index in [0.717, 1.165) is 38.9 Å². The van der Waals surface area contributed by atoms with E-state index in [0.29, 0.717) is 18.6 Å². The number of hydrogen-bond acceptors (Lipinski definition) is 4. The van der Waals surface area contributed by atoms with Crippen molar-refractivity contribution in [2.75, 3.05) is 18.0 Å². The molecule has 1 atom stereocenters. The summed E-state index contributed by atoms with van der Waals surface area (Å²) in [6.07, 6.45) is 8.25. The summed E-state index contributed by atoms with van der Waals surface area (Å²) in [5, 5.41) is 9.51. The highest BCUT2D eigenvalue weighted by molar-refractivity contribution is 6.02. The summed E-state index contributed by atoms with van der Waals surface area (Å²) in [7, 11) is 0. The molecule has 7 nitrogen and oxygen atoms in total. The Hall–Kier alpha value is -6.21. The van der Waals surface area contributed by atoms with Gasteiger partial charge in [-0.05, 0) is 46.4 Å². The fourth-order valence-electron chi connectivity index (χ4n) is 6.94. The number of aromatic nitrogens is 4. The number of aromatic amines is 1. The number of allylic oxidation sites excluding steroid dienone is 2. The Bertz CT molecular complexity index is 2190. The summed E-state index contributed by atoms with van der Waals surface area (Å²) < 4.78 is 2.16. The normalized spacial score (nSPS) is 13.6. The van der Waals surface area contributed by atoms with Gasteiger partial charge in [0.2, 0.25) is 0 Å². The number of nitrogens with one attached hydrogen (secondary N) is 2. The Morgan fingerprint density at radius 3 is 1.98 bits per heavy atom. The number of amides is 1. The van der Waals surface area contributed by atoms with Crippen LogP contribution in [0.2, 0.25) is 0 Å². The van der Waals surface area contributed by atoms with Gasteiger partial charge in [0, 0.05) is 24.7 Å². The minimum Gasteiger partial charge on any atom is -0.349 e. The number of rotatable bonds is 9. The molecule has 1 aliphatic heterocycles. The minimum absolute atomic E-state index is 0.166. The van der Waals surface area contributed by atoms with Crippen molar-refractivity contribution in [2.45, 2.75) is 18.4 Å². The molecule has 0 saturated carbocycles. The quantitative estimate of drug-likeness (QED) is 0.156. The van der Waals surface area contributed by atoms with Gasteiger partial charge in [-0.3, -0.25) is 4.79 Å². The van der Waals surface area contributed by atoms with Crippen LogP contribution in [0.5, 0.6) is 0 Å². The lowest BCUT2D eigenvalue weighted by atomic mass is 9.77. The topological polar surface area (TPSA) is 78.8 Å². The van der Waals surface area contributed by atoms with Crippen LogP contribution in [0.4, 0.5) is 5.82 Å². The number of imidazole rings is 1. The molecule has 0 saturated heterocycles. The molecule has 3 heterocycles. The summed E-state index contributed by atoms with van der Waals surface area (Å²) in [6, 6.07) is 46.0. The van der Waals surface area contributed by atoms with E-state index in [9.17, 15) is 4.79 Å². The largest absolute Gasteiger partial charge is 0.349 e. The third kappa shape index (κ3) is 5.39. The second kappa shape index (κ2) is 12.8. The molecule has 0 unspecified atom stereocenters. The first-order valence-corrected chi connectivity index (χ1v) is 16.7. The van der Waals surface area contributed by atoms with Crippen LogP contribution in [0.3, 0.4) is 0 Å². The fourth-order valence-corrected chi connectivity index (χ4v) is 6.94. The van der Waals surface area contributed by atoms with Crippen LogP contribution in [-0.4, -0.2) is 38.7 Å². The Kier molecular flexibility index (Phi) is 7.86. The Labute approximate surface area is 285 Å². The number of anilines is 1. The number of nitrogens with zero attached hydrogens (tertiary/aromatic N) is 4. The summed E-state index contributed by atoms with van der Waals surface area (Å²) in [5.74, 6) is 1.03. The molecule has 1 amide bonds. The molecule has 2 aromatic heterocycles. The number of fused-ring (bicyclic) bond motifs is 2. The van der Waals surface area contributed by atoms with E-state index in [2.05, 4.69) is 136 Å². The van der Waals surface area contributed by atoms with Crippen molar-refractivity contribution in [3.05, 3.63) is 186 Å². The van der Waals surface area contributed by atoms with Gasteiger partial charge in [-0.15, -0.1) is 0 Å². The molecule has 0 radical (unpaired) electrons. The summed E-state index contributed by atoms with van der Waals surface area (Å²) >= 11 is 0. The van der Waals surface area contributed by atoms with Gasteiger partial charge in [0.1, 0.15) is 5.54 Å². The number of H-pyrrole nitrogens is 1. The molecule has 0 aliphatic carbocycles. The molecule has 2 N–H and O–H groups in total. The first kappa shape index (κ1) is 30.1. The standard InChI is InChI=1S/C42H36N6O/c1-30(31-17-7-2-8-18-31)29-43-41(49)39-44-36-27-35-38(28-37(36)45-39)48(46-40(35)47-25-15-6-16-26-47)42(32-19-9-3-10-20-32,33-21-11-4-12-22-33)34-23-13-5-14-24-34/h2-25,27-28,30H,26,29H2,1H3,(H,43,49)(H,44,45)/t30-/m0/s1. The molecule has 0 bridgehead atoms. The molecule has 7 heteroatoms. The van der Waals surface area contributed by atoms with Crippen molar-refractivity contribution in [1.82, 2.24) is 25.1 Å². The third-order valence-corrected chi connectivity index (χ3v) is 9.40. The van der Waals surface area contributed by atoms with Crippen LogP contribution in [0.15, 0.2) is 158 Å². The second-order valence-corrected chi connectivity index (χ2v) is 12.5. The molecule has 49 heavy (non-hydrogen) atoms. The van der Waals surface area contributed by atoms with Gasteiger partial charge in [-0.25, -0.2) is 9.67 Å². The molecule has 0 fully saturated rings. The van der Waals surface area contributed by atoms with Crippen LogP contribution in [0.1, 0.15) is 45.7 Å². The predicted molar refractivity (Wildman–Crippen MR) is 197 cm³/mol. The Morgan fingerprint density at radius 2 is 1.41 bits per heavy atom. The average Bonchev–Trinajstić information content (AvgIpc) is 3.77. The first-order chi connectivity index (χ1) is 24.1. The molecule has 7 aromatic rings. The lowest BCUT2D eigenvalue weighted by Gasteiger charge is -2.37. The molecule has 5 aromatic carbocycles. The van der Waals surface area contributed by atoms with Crippen LogP contribution in [0.25, 0.3) is 21.9 Å². The predicted octanol–water partition coefficient (Wildman–Crippen LogP) is 8.18. The maximum Gasteiger partial charge on any atom is 0.287 e. The van der Waals surface area contributed by atoms with Crippen LogP contribution >= 0.6 is 0 Å². The lowest BCUT2D eigenvalue weighted by molar-refractivity contribution is 0.0942. The van der Waals surface area contributed by atoms with E-state index < -0.39 is 5.54 Å². The monoisotopic (exact) mass is 640 g/mol. The van der Waals surface area contributed by atoms with Crippen molar-refractivity contribution in [2.24, 2.45) is 0 Å². The number of carbonyl (C=O) groups is 1. The molecule has 240 valence electrons. The molecular weight excluding hydrogens is 605 g/mol. The zero-order chi connectivity index (χ0) is 33.2. The van der Waals surface area contributed by atoms with Crippen molar-refractivity contribution < 1.29 is 4.79 Å². The van der Waals surface area contributed by atoms with E-state index in [1.165, 1.54) is 5.56 Å². The maximum absolute atomic E-state index is 13.4. The maximum atomic E-state index is 13.4. The van der Waals surface area contributed by atoms with Crippen molar-refractivity contribution in [1.29, 1.82) is 0 Å².